The molecule has 1 aromatic heterocycles. The van der Waals surface area contributed by atoms with E-state index in [-0.39, 0.29) is 41.7 Å². The molecule has 3 aromatic rings. The minimum absolute atomic E-state index is 0.0507. The van der Waals surface area contributed by atoms with Gasteiger partial charge in [0.2, 0.25) is 11.8 Å². The fourth-order valence-electron chi connectivity index (χ4n) is 4.35. The molecule has 4 rings (SSSR count). The third-order valence-corrected chi connectivity index (χ3v) is 6.09. The molecule has 8 heteroatoms. The molecule has 0 radical (unpaired) electrons. The standard InChI is InChI=1S/C26H29FN4O3/c1-15(2)18-11-12-19(23(24(18)27)17-8-5-4-6-9-17)25(30-26(33)20-10-7-13-28-20)21(32)14-22-29-16(3)34-31-22/h4-6,8-9,11-12,15,20,25,28H,7,10,13-14H2,1-3H3,(H,30,33). The van der Waals surface area contributed by atoms with Gasteiger partial charge in [-0.25, -0.2) is 4.39 Å². The van der Waals surface area contributed by atoms with Crippen LogP contribution in [0.5, 0.6) is 0 Å². The molecule has 1 saturated heterocycles. The smallest absolute Gasteiger partial charge is 0.237 e. The minimum atomic E-state index is -1.07. The van der Waals surface area contributed by atoms with E-state index in [4.69, 9.17) is 4.52 Å². The predicted molar refractivity (Wildman–Crippen MR) is 126 cm³/mol. The quantitative estimate of drug-likeness (QED) is 0.523. The molecule has 1 aliphatic rings. The van der Waals surface area contributed by atoms with E-state index in [2.05, 4.69) is 20.8 Å². The first kappa shape index (κ1) is 23.8. The van der Waals surface area contributed by atoms with Gasteiger partial charge in [-0.3, -0.25) is 9.59 Å². The maximum atomic E-state index is 15.9. The molecule has 178 valence electrons. The lowest BCUT2D eigenvalue weighted by atomic mass is 9.87. The molecule has 2 atom stereocenters. The zero-order chi connectivity index (χ0) is 24.2. The summed E-state index contributed by atoms with van der Waals surface area (Å²) in [6.07, 6.45) is 1.41. The van der Waals surface area contributed by atoms with Crippen molar-refractivity contribution in [3.63, 3.8) is 0 Å². The first-order valence-corrected chi connectivity index (χ1v) is 11.6. The molecule has 2 N–H and O–H groups in total. The number of benzene rings is 2. The summed E-state index contributed by atoms with van der Waals surface area (Å²) in [6.45, 7) is 6.22. The molecule has 1 amide bonds. The Bertz CT molecular complexity index is 1170. The fourth-order valence-corrected chi connectivity index (χ4v) is 4.35. The van der Waals surface area contributed by atoms with Crippen molar-refractivity contribution in [3.8, 4) is 11.1 Å². The van der Waals surface area contributed by atoms with Gasteiger partial charge in [-0.15, -0.1) is 0 Å². The molecule has 1 aliphatic heterocycles. The molecule has 7 nitrogen and oxygen atoms in total. The van der Waals surface area contributed by atoms with Crippen LogP contribution >= 0.6 is 0 Å². The first-order valence-electron chi connectivity index (χ1n) is 11.6. The van der Waals surface area contributed by atoms with Gasteiger partial charge in [0, 0.05) is 12.5 Å². The molecule has 0 bridgehead atoms. The van der Waals surface area contributed by atoms with Crippen molar-refractivity contribution in [1.82, 2.24) is 20.8 Å². The summed E-state index contributed by atoms with van der Waals surface area (Å²) in [5.41, 5.74) is 1.91. The number of nitrogens with one attached hydrogen (secondary N) is 2. The number of hydrogen-bond donors (Lipinski definition) is 2. The molecule has 1 fully saturated rings. The van der Waals surface area contributed by atoms with E-state index >= 15 is 4.39 Å². The third-order valence-electron chi connectivity index (χ3n) is 6.09. The monoisotopic (exact) mass is 464 g/mol. The highest BCUT2D eigenvalue weighted by molar-refractivity contribution is 5.94. The van der Waals surface area contributed by atoms with Gasteiger partial charge >= 0.3 is 0 Å². The van der Waals surface area contributed by atoms with Crippen LogP contribution in [0.15, 0.2) is 47.0 Å². The molecule has 0 aliphatic carbocycles. The zero-order valence-corrected chi connectivity index (χ0v) is 19.6. The lowest BCUT2D eigenvalue weighted by Crippen LogP contribution is -2.44. The molecule has 34 heavy (non-hydrogen) atoms. The van der Waals surface area contributed by atoms with Crippen molar-refractivity contribution in [2.75, 3.05) is 6.54 Å². The second-order valence-electron chi connectivity index (χ2n) is 8.92. The van der Waals surface area contributed by atoms with E-state index in [1.807, 2.05) is 32.0 Å². The number of nitrogens with zero attached hydrogens (tertiary/aromatic N) is 2. The van der Waals surface area contributed by atoms with Crippen LogP contribution < -0.4 is 10.6 Å². The molecule has 0 saturated carbocycles. The molecule has 2 heterocycles. The predicted octanol–water partition coefficient (Wildman–Crippen LogP) is 4.03. The molecular formula is C26H29FN4O3. The van der Waals surface area contributed by atoms with Crippen molar-refractivity contribution in [1.29, 1.82) is 0 Å². The van der Waals surface area contributed by atoms with Crippen molar-refractivity contribution in [3.05, 3.63) is 71.1 Å². The number of halogens is 1. The number of hydrogen-bond acceptors (Lipinski definition) is 6. The van der Waals surface area contributed by atoms with Gasteiger partial charge in [0.15, 0.2) is 11.6 Å². The van der Waals surface area contributed by atoms with E-state index in [0.29, 0.717) is 34.6 Å². The highest BCUT2D eigenvalue weighted by Crippen LogP contribution is 2.36. The van der Waals surface area contributed by atoms with E-state index in [1.54, 1.807) is 31.2 Å². The Morgan fingerprint density at radius 2 is 1.91 bits per heavy atom. The Morgan fingerprint density at radius 1 is 1.18 bits per heavy atom. The van der Waals surface area contributed by atoms with Crippen LogP contribution in [0, 0.1) is 12.7 Å². The second kappa shape index (κ2) is 10.3. The molecule has 2 unspecified atom stereocenters. The van der Waals surface area contributed by atoms with Gasteiger partial charge < -0.3 is 15.2 Å². The number of amides is 1. The van der Waals surface area contributed by atoms with Crippen LogP contribution in [0.4, 0.5) is 4.39 Å². The van der Waals surface area contributed by atoms with Gasteiger partial charge in [-0.1, -0.05) is 61.5 Å². The van der Waals surface area contributed by atoms with Gasteiger partial charge in [0.05, 0.1) is 12.5 Å². The van der Waals surface area contributed by atoms with Crippen molar-refractivity contribution < 1.29 is 18.5 Å². The normalized spacial score (nSPS) is 16.6. The maximum Gasteiger partial charge on any atom is 0.237 e. The largest absolute Gasteiger partial charge is 0.341 e. The average Bonchev–Trinajstić information content (AvgIpc) is 3.49. The molecular weight excluding hydrogens is 435 g/mol. The number of carbonyl (C=O) groups is 2. The highest BCUT2D eigenvalue weighted by atomic mass is 19.1. The van der Waals surface area contributed by atoms with Crippen LogP contribution in [0.3, 0.4) is 0 Å². The van der Waals surface area contributed by atoms with Gasteiger partial charge in [-0.05, 0) is 42.0 Å². The number of aryl methyl sites for hydroxylation is 1. The average molecular weight is 465 g/mol. The zero-order valence-electron chi connectivity index (χ0n) is 19.6. The highest BCUT2D eigenvalue weighted by Gasteiger charge is 2.32. The first-order chi connectivity index (χ1) is 16.3. The van der Waals surface area contributed by atoms with Crippen molar-refractivity contribution >= 4 is 11.7 Å². The van der Waals surface area contributed by atoms with Gasteiger partial charge in [0.1, 0.15) is 11.9 Å². The molecule has 0 spiro atoms. The number of aromatic nitrogens is 2. The topological polar surface area (TPSA) is 97.1 Å². The minimum Gasteiger partial charge on any atom is -0.341 e. The van der Waals surface area contributed by atoms with Crippen LogP contribution in [0.1, 0.15) is 61.5 Å². The summed E-state index contributed by atoms with van der Waals surface area (Å²) in [5, 5.41) is 9.85. The Morgan fingerprint density at radius 3 is 2.53 bits per heavy atom. The fraction of sp³-hybridized carbons (Fsp3) is 0.385. The van der Waals surface area contributed by atoms with Crippen LogP contribution in [-0.4, -0.2) is 34.4 Å². The lowest BCUT2D eigenvalue weighted by molar-refractivity contribution is -0.128. The summed E-state index contributed by atoms with van der Waals surface area (Å²) in [5.74, 6) is -0.504. The second-order valence-corrected chi connectivity index (χ2v) is 8.92. The Hall–Kier alpha value is -3.39. The van der Waals surface area contributed by atoms with E-state index in [0.717, 1.165) is 13.0 Å². The van der Waals surface area contributed by atoms with E-state index in [1.165, 1.54) is 0 Å². The summed E-state index contributed by atoms with van der Waals surface area (Å²) >= 11 is 0. The van der Waals surface area contributed by atoms with Crippen LogP contribution in [-0.2, 0) is 16.0 Å². The van der Waals surface area contributed by atoms with E-state index in [9.17, 15) is 9.59 Å². The SMILES string of the molecule is Cc1nc(CC(=O)C(NC(=O)C2CCCN2)c2ccc(C(C)C)c(F)c2-c2ccccc2)no1. The van der Waals surface area contributed by atoms with Gasteiger partial charge in [-0.2, -0.15) is 4.98 Å². The molecule has 2 aromatic carbocycles. The Balaban J connectivity index is 1.80. The van der Waals surface area contributed by atoms with Crippen molar-refractivity contribution in [2.24, 2.45) is 0 Å². The Labute approximate surface area is 198 Å². The number of carbonyl (C=O) groups excluding carboxylic acids is 2. The van der Waals surface area contributed by atoms with E-state index < -0.39 is 6.04 Å². The number of rotatable bonds is 8. The summed E-state index contributed by atoms with van der Waals surface area (Å²) in [4.78, 5) is 30.7. The van der Waals surface area contributed by atoms with Crippen LogP contribution in [0.25, 0.3) is 11.1 Å². The van der Waals surface area contributed by atoms with Crippen LogP contribution in [0.2, 0.25) is 0 Å². The summed E-state index contributed by atoms with van der Waals surface area (Å²) in [7, 11) is 0. The third kappa shape index (κ3) is 5.07. The van der Waals surface area contributed by atoms with Gasteiger partial charge in [0.25, 0.3) is 0 Å². The maximum absolute atomic E-state index is 15.9. The Kier molecular flexibility index (Phi) is 7.17. The lowest BCUT2D eigenvalue weighted by Gasteiger charge is -2.24. The summed E-state index contributed by atoms with van der Waals surface area (Å²) < 4.78 is 20.9. The number of Topliss-reactive ketones (excluding diaryl/α,β-unsaturated/α-hetero) is 1. The summed E-state index contributed by atoms with van der Waals surface area (Å²) in [6, 6.07) is 11.1. The van der Waals surface area contributed by atoms with Crippen molar-refractivity contribution in [2.45, 2.75) is 58.0 Å². The number of ketones is 1.